The normalized spacial score (nSPS) is 12.5. The van der Waals surface area contributed by atoms with Gasteiger partial charge in [0.05, 0.1) is 0 Å². The van der Waals surface area contributed by atoms with E-state index in [0.29, 0.717) is 0 Å². The van der Waals surface area contributed by atoms with Gasteiger partial charge in [0.1, 0.15) is 0 Å². The lowest BCUT2D eigenvalue weighted by molar-refractivity contribution is 1.74. The molecule has 56 valence electrons. The molecule has 11 heavy (non-hydrogen) atoms. The van der Waals surface area contributed by atoms with Crippen molar-refractivity contribution in [3.8, 4) is 0 Å². The summed E-state index contributed by atoms with van der Waals surface area (Å²) in [7, 11) is 0. The van der Waals surface area contributed by atoms with Gasteiger partial charge in [0, 0.05) is 0 Å². The van der Waals surface area contributed by atoms with Crippen LogP contribution >= 0.6 is 0 Å². The molecular formula is C10H14Mg. The fourth-order valence-electron chi connectivity index (χ4n) is 0.615. The van der Waals surface area contributed by atoms with E-state index in [-0.39, 0.29) is 20.4 Å². The molecular weight excluding hydrogens is 144 g/mol. The molecule has 0 saturated carbocycles. The highest BCUT2D eigenvalue weighted by Gasteiger charge is 1.75. The highest BCUT2D eigenvalue weighted by molar-refractivity contribution is 6.48. The Hall–Kier alpha value is -0.274. The van der Waals surface area contributed by atoms with E-state index in [1.807, 2.05) is 26.0 Å². The minimum Gasteiger partial charge on any atom is -0.200 e. The molecule has 0 N–H and O–H groups in total. The summed E-state index contributed by atoms with van der Waals surface area (Å²) in [6.07, 6.45) is 12.5. The Labute approximate surface area is 79.1 Å². The summed E-state index contributed by atoms with van der Waals surface area (Å²) in [5.74, 6) is 0. The van der Waals surface area contributed by atoms with E-state index in [9.17, 15) is 0 Å². The largest absolute Gasteiger partial charge is 0.428 e. The Bertz CT molecular complexity index is 153. The van der Waals surface area contributed by atoms with Crippen molar-refractivity contribution in [1.82, 2.24) is 0 Å². The zero-order valence-corrected chi connectivity index (χ0v) is 8.74. The molecule has 0 aromatic carbocycles. The van der Waals surface area contributed by atoms with E-state index in [0.717, 1.165) is 0 Å². The van der Waals surface area contributed by atoms with Crippen LogP contribution in [-0.4, -0.2) is 20.4 Å². The van der Waals surface area contributed by atoms with Gasteiger partial charge in [-0.15, -0.1) is 0 Å². The van der Waals surface area contributed by atoms with Crippen LogP contribution in [0.1, 0.15) is 13.8 Å². The standard InChI is InChI=1S/2C5H7.Mg/c2*1-3-5-4-2;/h2*1,3-5H,2H3;. The highest BCUT2D eigenvalue weighted by atomic mass is 24.5. The second-order valence-corrected chi connectivity index (χ2v) is 3.56. The Balaban J connectivity index is 3.40. The number of hydrogen-bond acceptors (Lipinski definition) is 0. The first kappa shape index (κ1) is 10.7. The van der Waals surface area contributed by atoms with Gasteiger partial charge in [0.2, 0.25) is 0 Å². The summed E-state index contributed by atoms with van der Waals surface area (Å²) in [4.78, 5) is 0. The smallest absolute Gasteiger partial charge is 0.200 e. The second kappa shape index (κ2) is 9.73. The Morgan fingerprint density at radius 2 is 1.18 bits per heavy atom. The zero-order valence-electron chi connectivity index (χ0n) is 7.33. The van der Waals surface area contributed by atoms with Crippen LogP contribution < -0.4 is 0 Å². The van der Waals surface area contributed by atoms with Crippen LogP contribution in [0.5, 0.6) is 0 Å². The average molecular weight is 159 g/mol. The van der Waals surface area contributed by atoms with Crippen molar-refractivity contribution in [1.29, 1.82) is 0 Å². The summed E-state index contributed by atoms with van der Waals surface area (Å²) in [6.45, 7) is 4.06. The third-order valence-corrected chi connectivity index (χ3v) is 2.24. The molecule has 0 aliphatic carbocycles. The van der Waals surface area contributed by atoms with E-state index < -0.39 is 0 Å². The van der Waals surface area contributed by atoms with E-state index in [1.165, 1.54) is 0 Å². The van der Waals surface area contributed by atoms with Gasteiger partial charge >= 0.3 is 20.4 Å². The Kier molecular flexibility index (Phi) is 9.48. The van der Waals surface area contributed by atoms with Crippen LogP contribution in [0.25, 0.3) is 0 Å². The molecule has 0 heterocycles. The molecule has 0 amide bonds. The molecule has 0 aliphatic heterocycles. The van der Waals surface area contributed by atoms with Crippen molar-refractivity contribution in [2.45, 2.75) is 13.8 Å². The van der Waals surface area contributed by atoms with Crippen molar-refractivity contribution in [3.63, 3.8) is 0 Å². The number of hydrogen-bond donors (Lipinski definition) is 0. The molecule has 0 radical (unpaired) electrons. The predicted molar refractivity (Wildman–Crippen MR) is 53.7 cm³/mol. The summed E-state index contributed by atoms with van der Waals surface area (Å²) in [6, 6.07) is 0. The van der Waals surface area contributed by atoms with Crippen molar-refractivity contribution < 1.29 is 0 Å². The molecule has 0 spiro atoms. The number of rotatable bonds is 4. The van der Waals surface area contributed by atoms with Gasteiger partial charge in [-0.1, -0.05) is 36.5 Å². The first-order valence-corrected chi connectivity index (χ1v) is 5.60. The molecule has 0 rings (SSSR count). The summed E-state index contributed by atoms with van der Waals surface area (Å²) in [5, 5.41) is 0. The Morgan fingerprint density at radius 1 is 0.727 bits per heavy atom. The summed E-state index contributed by atoms with van der Waals surface area (Å²) in [5.41, 5.74) is 0. The van der Waals surface area contributed by atoms with Crippen LogP contribution in [0.15, 0.2) is 44.9 Å². The topological polar surface area (TPSA) is 0 Å². The van der Waals surface area contributed by atoms with Gasteiger partial charge in [0.25, 0.3) is 0 Å². The highest BCUT2D eigenvalue weighted by Crippen LogP contribution is 1.78. The molecule has 0 unspecified atom stereocenters. The first-order valence-electron chi connectivity index (χ1n) is 3.97. The minimum absolute atomic E-state index is 0.0929. The molecule has 0 atom stereocenters. The van der Waals surface area contributed by atoms with Gasteiger partial charge in [-0.05, 0) is 13.8 Å². The maximum atomic E-state index is 2.26. The quantitative estimate of drug-likeness (QED) is 0.436. The fourth-order valence-corrected chi connectivity index (χ4v) is 1.40. The molecule has 0 nitrogen and oxygen atoms in total. The van der Waals surface area contributed by atoms with E-state index in [4.69, 9.17) is 0 Å². The Morgan fingerprint density at radius 3 is 1.55 bits per heavy atom. The van der Waals surface area contributed by atoms with E-state index in [1.54, 1.807) is 0 Å². The lowest BCUT2D eigenvalue weighted by Gasteiger charge is -1.74. The molecule has 0 bridgehead atoms. The molecule has 0 fully saturated rings. The molecule has 0 aliphatic rings. The van der Waals surface area contributed by atoms with Crippen LogP contribution in [0.2, 0.25) is 0 Å². The molecule has 0 aromatic heterocycles. The van der Waals surface area contributed by atoms with Crippen molar-refractivity contribution in [2.75, 3.05) is 0 Å². The van der Waals surface area contributed by atoms with E-state index >= 15 is 0 Å². The number of allylic oxidation sites excluding steroid dienone is 6. The van der Waals surface area contributed by atoms with Gasteiger partial charge in [0.15, 0.2) is 0 Å². The third-order valence-electron chi connectivity index (χ3n) is 1.15. The maximum Gasteiger partial charge on any atom is 0.428 e. The maximum absolute atomic E-state index is 2.26. The van der Waals surface area contributed by atoms with Gasteiger partial charge in [-0.2, -0.15) is 8.41 Å². The predicted octanol–water partition coefficient (Wildman–Crippen LogP) is 2.87. The van der Waals surface area contributed by atoms with Gasteiger partial charge in [-0.25, -0.2) is 0 Å². The van der Waals surface area contributed by atoms with Crippen molar-refractivity contribution in [3.05, 3.63) is 44.9 Å². The van der Waals surface area contributed by atoms with Crippen LogP contribution in [0, 0.1) is 0 Å². The van der Waals surface area contributed by atoms with Crippen molar-refractivity contribution >= 4 is 20.4 Å². The minimum atomic E-state index is -0.0929. The lowest BCUT2D eigenvalue weighted by atomic mass is 10.5. The lowest BCUT2D eigenvalue weighted by Crippen LogP contribution is -1.73. The van der Waals surface area contributed by atoms with Crippen LogP contribution in [0.3, 0.4) is 0 Å². The zero-order chi connectivity index (χ0) is 8.36. The average Bonchev–Trinajstić information content (AvgIpc) is 2.03. The molecule has 0 aromatic rings. The summed E-state index contributed by atoms with van der Waals surface area (Å²) < 4.78 is 4.53. The van der Waals surface area contributed by atoms with Crippen LogP contribution in [-0.2, 0) is 0 Å². The van der Waals surface area contributed by atoms with E-state index in [2.05, 4.69) is 32.7 Å². The fraction of sp³-hybridized carbons (Fsp3) is 0.200. The van der Waals surface area contributed by atoms with Gasteiger partial charge in [-0.3, -0.25) is 0 Å². The molecule has 0 saturated heterocycles. The molecule has 1 heteroatoms. The third kappa shape index (κ3) is 9.73. The summed E-state index contributed by atoms with van der Waals surface area (Å²) >= 11 is -0.0929. The monoisotopic (exact) mass is 158 g/mol. The van der Waals surface area contributed by atoms with Gasteiger partial charge < -0.3 is 0 Å². The SMILES string of the molecule is CC=CC=[CH][Mg][CH]=CC=CC. The van der Waals surface area contributed by atoms with Crippen molar-refractivity contribution in [2.24, 2.45) is 0 Å². The first-order chi connectivity index (χ1) is 5.41. The van der Waals surface area contributed by atoms with Crippen LogP contribution in [0.4, 0.5) is 0 Å². The second-order valence-electron chi connectivity index (χ2n) is 2.14.